The number of amides is 6. The average Bonchev–Trinajstić information content (AvgIpc) is 4.29. The van der Waals surface area contributed by atoms with Gasteiger partial charge in [0.1, 0.15) is 77.2 Å². The average molecular weight is 1140 g/mol. The minimum absolute atomic E-state index is 0.00307. The summed E-state index contributed by atoms with van der Waals surface area (Å²) in [5.41, 5.74) is 2.37. The van der Waals surface area contributed by atoms with E-state index in [0.29, 0.717) is 63.7 Å². The topological polar surface area (TPSA) is 332 Å². The maximum absolute atomic E-state index is 14.1. The van der Waals surface area contributed by atoms with Gasteiger partial charge in [0.2, 0.25) is 17.7 Å². The predicted octanol–water partition coefficient (Wildman–Crippen LogP) is 6.24. The van der Waals surface area contributed by atoms with Crippen LogP contribution in [0.5, 0.6) is 0 Å². The van der Waals surface area contributed by atoms with Crippen molar-refractivity contribution in [1.82, 2.24) is 56.2 Å². The number of carboxylic acid groups (broad SMARTS) is 1. The Kier molecular flexibility index (Phi) is 16.4. The molecule has 0 radical (unpaired) electrons. The Morgan fingerprint density at radius 1 is 0.724 bits per heavy atom. The lowest BCUT2D eigenvalue weighted by Gasteiger charge is -2.23. The van der Waals surface area contributed by atoms with Crippen molar-refractivity contribution in [2.24, 2.45) is 0 Å². The lowest BCUT2D eigenvalue weighted by atomic mass is 10.0. The number of carbonyl (C=O) groups is 7. The first-order valence-corrected chi connectivity index (χ1v) is 27.7. The fourth-order valence-corrected chi connectivity index (χ4v) is 12.6. The van der Waals surface area contributed by atoms with Crippen molar-refractivity contribution in [1.29, 1.82) is 0 Å². The molecule has 3 atom stereocenters. The van der Waals surface area contributed by atoms with Gasteiger partial charge in [-0.25, -0.2) is 34.9 Å². The number of anilines is 2. The summed E-state index contributed by atoms with van der Waals surface area (Å²) in [6, 6.07) is 10.0. The van der Waals surface area contributed by atoms with Crippen LogP contribution in [0.4, 0.5) is 10.9 Å². The van der Waals surface area contributed by atoms with Crippen LogP contribution in [0.15, 0.2) is 64.0 Å². The van der Waals surface area contributed by atoms with E-state index in [1.54, 1.807) is 70.9 Å². The number of hydrogen-bond acceptors (Lipinski definition) is 22. The SMILES string of the molecule is CNC(=O)C[C@@H]1NC(=O)c2csc(n2)-c2ccc(-c3nc(NC(=O)CCC(=O)O)cs3)nc2-c2csc(n2)-c2csc(n2)[C@H]([C@@H](O)c2ccccc2)NC(=O)CNC(=O)c2nc(sc2COC)NC(=O)c2nc1sc2C. The molecule has 1 aromatic carbocycles. The van der Waals surface area contributed by atoms with Crippen molar-refractivity contribution in [2.75, 3.05) is 31.3 Å². The first-order chi connectivity index (χ1) is 36.6. The number of pyridine rings is 1. The highest BCUT2D eigenvalue weighted by molar-refractivity contribution is 7.16. The lowest BCUT2D eigenvalue weighted by Crippen LogP contribution is -2.40. The molecule has 8 heterocycles. The fourth-order valence-electron chi connectivity index (χ4n) is 7.40. The van der Waals surface area contributed by atoms with Crippen LogP contribution in [0.2, 0.25) is 0 Å². The number of thiazole rings is 6. The molecule has 29 heteroatoms. The van der Waals surface area contributed by atoms with E-state index in [9.17, 15) is 38.7 Å². The van der Waals surface area contributed by atoms with E-state index in [1.807, 2.05) is 0 Å². The largest absolute Gasteiger partial charge is 0.481 e. The summed E-state index contributed by atoms with van der Waals surface area (Å²) in [4.78, 5) is 125. The van der Waals surface area contributed by atoms with Crippen molar-refractivity contribution in [3.8, 4) is 43.4 Å². The van der Waals surface area contributed by atoms with E-state index < -0.39 is 66.1 Å². The van der Waals surface area contributed by atoms with Crippen molar-refractivity contribution < 1.29 is 48.5 Å². The van der Waals surface area contributed by atoms with Gasteiger partial charge in [-0.15, -0.1) is 56.7 Å². The van der Waals surface area contributed by atoms with Crippen LogP contribution in [-0.2, 0) is 30.5 Å². The number of aliphatic hydroxyl groups excluding tert-OH is 1. The van der Waals surface area contributed by atoms with Gasteiger partial charge < -0.3 is 41.5 Å². The van der Waals surface area contributed by atoms with E-state index >= 15 is 0 Å². The van der Waals surface area contributed by atoms with Gasteiger partial charge in [0.15, 0.2) is 5.13 Å². The number of nitrogens with zero attached hydrogens (tertiary/aromatic N) is 7. The second-order valence-electron chi connectivity index (χ2n) is 16.3. The second kappa shape index (κ2) is 23.5. The quantitative estimate of drug-likeness (QED) is 0.0710. The monoisotopic (exact) mass is 1140 g/mol. The van der Waals surface area contributed by atoms with Crippen LogP contribution < -0.4 is 31.9 Å². The number of ether oxygens (including phenoxy) is 1. The van der Waals surface area contributed by atoms with Gasteiger partial charge in [0.05, 0.1) is 42.6 Å². The Morgan fingerprint density at radius 2 is 1.46 bits per heavy atom. The fraction of sp³-hybridized carbons (Fsp3) is 0.234. The van der Waals surface area contributed by atoms with Crippen LogP contribution in [0.25, 0.3) is 43.4 Å². The van der Waals surface area contributed by atoms with Crippen LogP contribution in [-0.4, -0.2) is 107 Å². The summed E-state index contributed by atoms with van der Waals surface area (Å²) in [5, 5.41) is 45.4. The van der Waals surface area contributed by atoms with Gasteiger partial charge >= 0.3 is 5.97 Å². The van der Waals surface area contributed by atoms with Crippen molar-refractivity contribution >= 4 is 120 Å². The zero-order chi connectivity index (χ0) is 53.6. The van der Waals surface area contributed by atoms with E-state index in [4.69, 9.17) is 29.8 Å². The maximum Gasteiger partial charge on any atom is 0.303 e. The third-order valence-corrected chi connectivity index (χ3v) is 16.6. The molecule has 1 aliphatic rings. The second-order valence-corrected chi connectivity index (χ2v) is 22.1. The first-order valence-electron chi connectivity index (χ1n) is 22.6. The number of nitrogens with one attached hydrogen (secondary N) is 6. The molecular formula is C47H41N13O10S6. The molecular weight excluding hydrogens is 1100 g/mol. The van der Waals surface area contributed by atoms with Crippen LogP contribution in [0.1, 0.15) is 94.2 Å². The summed E-state index contributed by atoms with van der Waals surface area (Å²) in [7, 11) is 2.87. The molecule has 0 spiro atoms. The molecule has 0 saturated carbocycles. The zero-order valence-electron chi connectivity index (χ0n) is 39.9. The maximum atomic E-state index is 14.1. The normalized spacial score (nSPS) is 15.5. The molecule has 0 aliphatic carbocycles. The third kappa shape index (κ3) is 12.2. The molecule has 0 fully saturated rings. The smallest absolute Gasteiger partial charge is 0.303 e. The number of benzene rings is 1. The van der Waals surface area contributed by atoms with Crippen LogP contribution in [0.3, 0.4) is 0 Å². The third-order valence-electron chi connectivity index (χ3n) is 11.1. The first kappa shape index (κ1) is 53.2. The Balaban J connectivity index is 1.11. The van der Waals surface area contributed by atoms with E-state index in [0.717, 1.165) is 34.0 Å². The van der Waals surface area contributed by atoms with Gasteiger partial charge in [-0.05, 0) is 24.6 Å². The molecule has 7 aromatic heterocycles. The number of methoxy groups -OCH3 is 1. The number of carboxylic acids is 1. The molecule has 8 aromatic rings. The number of aliphatic carboxylic acids is 1. The molecule has 0 unspecified atom stereocenters. The Bertz CT molecular complexity index is 3510. The van der Waals surface area contributed by atoms with E-state index in [2.05, 4.69) is 46.9 Å². The lowest BCUT2D eigenvalue weighted by molar-refractivity contribution is -0.138. The highest BCUT2D eigenvalue weighted by Crippen LogP contribution is 2.40. The molecule has 76 heavy (non-hydrogen) atoms. The van der Waals surface area contributed by atoms with E-state index in [-0.39, 0.29) is 58.9 Å². The van der Waals surface area contributed by atoms with Gasteiger partial charge in [-0.3, -0.25) is 38.9 Å². The molecule has 23 nitrogen and oxygen atoms in total. The van der Waals surface area contributed by atoms with Crippen molar-refractivity contribution in [3.05, 3.63) is 106 Å². The molecule has 8 N–H and O–H groups in total. The van der Waals surface area contributed by atoms with Gasteiger partial charge in [-0.2, -0.15) is 0 Å². The molecule has 0 saturated heterocycles. The molecule has 10 bridgehead atoms. The highest BCUT2D eigenvalue weighted by Gasteiger charge is 2.31. The summed E-state index contributed by atoms with van der Waals surface area (Å²) in [5.74, 6) is -4.58. The van der Waals surface area contributed by atoms with Crippen molar-refractivity contribution in [3.63, 3.8) is 0 Å². The number of aliphatic hydroxyl groups is 1. The number of aryl methyl sites for hydroxylation is 1. The summed E-state index contributed by atoms with van der Waals surface area (Å²) in [6.07, 6.45) is -2.12. The van der Waals surface area contributed by atoms with Crippen molar-refractivity contribution in [2.45, 2.75) is 51.0 Å². The summed E-state index contributed by atoms with van der Waals surface area (Å²) in [6.45, 7) is 1.06. The predicted molar refractivity (Wildman–Crippen MR) is 285 cm³/mol. The minimum Gasteiger partial charge on any atom is -0.481 e. The summed E-state index contributed by atoms with van der Waals surface area (Å²) < 4.78 is 5.32. The number of hydrogen-bond donors (Lipinski definition) is 8. The minimum atomic E-state index is -1.28. The van der Waals surface area contributed by atoms with Gasteiger partial charge in [0, 0.05) is 52.5 Å². The Hall–Kier alpha value is -7.64. The number of fused-ring (bicyclic) bond motifs is 14. The summed E-state index contributed by atoms with van der Waals surface area (Å²) >= 11 is 6.82. The Labute approximate surface area is 454 Å². The standard InChI is InChI=1S/C47H41N13O10S6/c1-20-34-41(69)60-47-59-36(28(76-47)15-70-3)40(68)49-14-32(63)57-37(38(66)21-7-5-4-6-8-21)46-54-27(18-73-46)44-52-25(16-72-44)35-22(9-10-23(50-35)43-56-29(19-74-43)55-30(61)11-12-33(64)65)42-53-26(17-71-42)39(67)51-24(13-31(62)48-2)45(58-34)75-20/h4-10,16-19,24,37-38,66H,11-15H2,1-3H3,(H,48,62)(H,49,68)(H,51,67)(H,55,61)(H,57,63)(H,64,65)(H,59,60,69)/t24-,37-,38-/m0/s1. The van der Waals surface area contributed by atoms with E-state index in [1.165, 1.54) is 48.2 Å². The highest BCUT2D eigenvalue weighted by atomic mass is 32.1. The number of rotatable bonds is 11. The molecule has 9 rings (SSSR count). The molecule has 6 amide bonds. The van der Waals surface area contributed by atoms with Gasteiger partial charge in [-0.1, -0.05) is 41.7 Å². The Morgan fingerprint density at radius 3 is 2.24 bits per heavy atom. The van der Waals surface area contributed by atoms with Crippen LogP contribution >= 0.6 is 68.0 Å². The molecule has 390 valence electrons. The number of carbonyl (C=O) groups excluding carboxylic acids is 6. The molecule has 1 aliphatic heterocycles. The van der Waals surface area contributed by atoms with Crippen LogP contribution in [0, 0.1) is 6.92 Å². The van der Waals surface area contributed by atoms with Gasteiger partial charge in [0.25, 0.3) is 17.7 Å². The number of aromatic nitrogens is 7. The zero-order valence-corrected chi connectivity index (χ0v) is 44.8.